The van der Waals surface area contributed by atoms with E-state index in [0.29, 0.717) is 6.42 Å². The minimum atomic E-state index is -0.923. The molecule has 1 heterocycles. The molecular formula is C11H16N2O2. The Labute approximate surface area is 89.1 Å². The largest absolute Gasteiger partial charge is 0.480 e. The lowest BCUT2D eigenvalue weighted by Gasteiger charge is -2.05. The van der Waals surface area contributed by atoms with Crippen LogP contribution in [0.5, 0.6) is 0 Å². The number of aryl methyl sites for hydroxylation is 1. The summed E-state index contributed by atoms with van der Waals surface area (Å²) in [6.07, 6.45) is 4.93. The third kappa shape index (κ3) is 4.56. The Kier molecular flexibility index (Phi) is 4.77. The van der Waals surface area contributed by atoms with Gasteiger partial charge in [0, 0.05) is 11.9 Å². The van der Waals surface area contributed by atoms with Gasteiger partial charge in [-0.25, -0.2) is 0 Å². The summed E-state index contributed by atoms with van der Waals surface area (Å²) >= 11 is 0. The van der Waals surface area contributed by atoms with Crippen molar-refractivity contribution in [2.75, 3.05) is 0 Å². The number of pyridine rings is 1. The molecule has 1 rings (SSSR count). The first kappa shape index (κ1) is 11.7. The summed E-state index contributed by atoms with van der Waals surface area (Å²) in [5.41, 5.74) is 6.42. The van der Waals surface area contributed by atoms with Crippen LogP contribution in [0.4, 0.5) is 0 Å². The Morgan fingerprint density at radius 2 is 2.27 bits per heavy atom. The van der Waals surface area contributed by atoms with Crippen LogP contribution in [0.15, 0.2) is 24.4 Å². The van der Waals surface area contributed by atoms with Crippen molar-refractivity contribution in [3.8, 4) is 0 Å². The molecule has 0 saturated heterocycles. The van der Waals surface area contributed by atoms with E-state index in [9.17, 15) is 4.79 Å². The number of unbranched alkanes of at least 4 members (excludes halogenated alkanes) is 1. The van der Waals surface area contributed by atoms with E-state index in [-0.39, 0.29) is 0 Å². The normalized spacial score (nSPS) is 12.3. The number of carboxylic acids is 1. The van der Waals surface area contributed by atoms with Crippen molar-refractivity contribution in [2.45, 2.75) is 31.7 Å². The van der Waals surface area contributed by atoms with Crippen LogP contribution in [0.1, 0.15) is 25.0 Å². The summed E-state index contributed by atoms with van der Waals surface area (Å²) in [6, 6.07) is 5.07. The molecule has 3 N–H and O–H groups in total. The van der Waals surface area contributed by atoms with E-state index >= 15 is 0 Å². The van der Waals surface area contributed by atoms with Crippen LogP contribution < -0.4 is 5.73 Å². The highest BCUT2D eigenvalue weighted by atomic mass is 16.4. The molecule has 0 aliphatic carbocycles. The van der Waals surface area contributed by atoms with Crippen LogP contribution >= 0.6 is 0 Å². The second kappa shape index (κ2) is 6.14. The predicted octanol–water partition coefficient (Wildman–Crippen LogP) is 1.21. The number of hydrogen-bond donors (Lipinski definition) is 2. The number of aromatic nitrogens is 1. The Hall–Kier alpha value is -1.42. The van der Waals surface area contributed by atoms with Crippen molar-refractivity contribution in [3.63, 3.8) is 0 Å². The van der Waals surface area contributed by atoms with Crippen molar-refractivity contribution in [1.29, 1.82) is 0 Å². The molecule has 0 spiro atoms. The number of nitrogens with zero attached hydrogens (tertiary/aromatic N) is 1. The molecule has 0 amide bonds. The monoisotopic (exact) mass is 208 g/mol. The summed E-state index contributed by atoms with van der Waals surface area (Å²) in [5, 5.41) is 8.56. The second-order valence-electron chi connectivity index (χ2n) is 3.51. The molecule has 0 radical (unpaired) electrons. The standard InChI is InChI=1S/C11H16N2O2/c12-10(11(14)15)7-2-1-5-9-6-3-4-8-13-9/h3-4,6,8,10H,1-2,5,7,12H2,(H,14,15). The van der Waals surface area contributed by atoms with Gasteiger partial charge >= 0.3 is 5.97 Å². The van der Waals surface area contributed by atoms with E-state index < -0.39 is 12.0 Å². The van der Waals surface area contributed by atoms with Gasteiger partial charge < -0.3 is 10.8 Å². The Balaban J connectivity index is 2.15. The minimum absolute atomic E-state index is 0.530. The van der Waals surface area contributed by atoms with Gasteiger partial charge in [0.2, 0.25) is 0 Å². The minimum Gasteiger partial charge on any atom is -0.480 e. The molecule has 0 aromatic carbocycles. The molecule has 4 heteroatoms. The van der Waals surface area contributed by atoms with Crippen molar-refractivity contribution in [1.82, 2.24) is 4.98 Å². The van der Waals surface area contributed by atoms with E-state index in [0.717, 1.165) is 25.0 Å². The average molecular weight is 208 g/mol. The van der Waals surface area contributed by atoms with Gasteiger partial charge in [0.05, 0.1) is 0 Å². The Morgan fingerprint density at radius 3 is 2.87 bits per heavy atom. The van der Waals surface area contributed by atoms with Gasteiger partial charge in [-0.1, -0.05) is 12.5 Å². The van der Waals surface area contributed by atoms with Gasteiger partial charge in [-0.15, -0.1) is 0 Å². The number of nitrogens with two attached hydrogens (primary N) is 1. The molecule has 1 aromatic rings. The lowest BCUT2D eigenvalue weighted by atomic mass is 10.1. The summed E-state index contributed by atoms with van der Waals surface area (Å²) in [4.78, 5) is 14.6. The number of rotatable bonds is 6. The van der Waals surface area contributed by atoms with Crippen LogP contribution in [-0.2, 0) is 11.2 Å². The average Bonchev–Trinajstić information content (AvgIpc) is 2.25. The fourth-order valence-electron chi connectivity index (χ4n) is 1.34. The summed E-state index contributed by atoms with van der Waals surface area (Å²) < 4.78 is 0. The fraction of sp³-hybridized carbons (Fsp3) is 0.455. The highest BCUT2D eigenvalue weighted by Crippen LogP contribution is 2.05. The SMILES string of the molecule is NC(CCCCc1ccccn1)C(=O)O. The third-order valence-electron chi connectivity index (χ3n) is 2.24. The van der Waals surface area contributed by atoms with Crippen LogP contribution in [0.25, 0.3) is 0 Å². The Bertz CT molecular complexity index is 301. The van der Waals surface area contributed by atoms with E-state index in [1.54, 1.807) is 6.20 Å². The lowest BCUT2D eigenvalue weighted by Crippen LogP contribution is -2.29. The number of carbonyl (C=O) groups is 1. The number of aliphatic carboxylic acids is 1. The zero-order valence-electron chi connectivity index (χ0n) is 8.60. The molecule has 1 unspecified atom stereocenters. The maximum atomic E-state index is 10.4. The van der Waals surface area contributed by atoms with Crippen molar-refractivity contribution in [2.24, 2.45) is 5.73 Å². The van der Waals surface area contributed by atoms with Crippen LogP contribution in [-0.4, -0.2) is 22.1 Å². The Morgan fingerprint density at radius 1 is 1.47 bits per heavy atom. The maximum Gasteiger partial charge on any atom is 0.320 e. The molecule has 0 bridgehead atoms. The highest BCUT2D eigenvalue weighted by Gasteiger charge is 2.09. The smallest absolute Gasteiger partial charge is 0.320 e. The van der Waals surface area contributed by atoms with Gasteiger partial charge in [0.15, 0.2) is 0 Å². The van der Waals surface area contributed by atoms with E-state index in [1.807, 2.05) is 18.2 Å². The first-order valence-electron chi connectivity index (χ1n) is 5.08. The topological polar surface area (TPSA) is 76.2 Å². The van der Waals surface area contributed by atoms with Gasteiger partial charge in [-0.3, -0.25) is 9.78 Å². The second-order valence-corrected chi connectivity index (χ2v) is 3.51. The number of carboxylic acid groups (broad SMARTS) is 1. The summed E-state index contributed by atoms with van der Waals surface area (Å²) in [7, 11) is 0. The summed E-state index contributed by atoms with van der Waals surface area (Å²) in [6.45, 7) is 0. The fourth-order valence-corrected chi connectivity index (χ4v) is 1.34. The molecule has 1 aromatic heterocycles. The highest BCUT2D eigenvalue weighted by molar-refractivity contribution is 5.72. The van der Waals surface area contributed by atoms with Crippen LogP contribution in [0.3, 0.4) is 0 Å². The van der Waals surface area contributed by atoms with Crippen LogP contribution in [0.2, 0.25) is 0 Å². The van der Waals surface area contributed by atoms with Crippen LogP contribution in [0, 0.1) is 0 Å². The zero-order chi connectivity index (χ0) is 11.1. The predicted molar refractivity (Wildman–Crippen MR) is 57.4 cm³/mol. The van der Waals surface area contributed by atoms with E-state index in [2.05, 4.69) is 4.98 Å². The van der Waals surface area contributed by atoms with Gasteiger partial charge in [-0.2, -0.15) is 0 Å². The molecule has 0 fully saturated rings. The molecule has 1 atom stereocenters. The number of hydrogen-bond acceptors (Lipinski definition) is 3. The molecule has 15 heavy (non-hydrogen) atoms. The molecule has 0 aliphatic rings. The van der Waals surface area contributed by atoms with Crippen molar-refractivity contribution < 1.29 is 9.90 Å². The molecule has 0 saturated carbocycles. The van der Waals surface area contributed by atoms with Crippen molar-refractivity contribution >= 4 is 5.97 Å². The van der Waals surface area contributed by atoms with E-state index in [1.165, 1.54) is 0 Å². The third-order valence-corrected chi connectivity index (χ3v) is 2.24. The molecule has 4 nitrogen and oxygen atoms in total. The van der Waals surface area contributed by atoms with Gasteiger partial charge in [0.25, 0.3) is 0 Å². The summed E-state index contributed by atoms with van der Waals surface area (Å²) in [5.74, 6) is -0.923. The van der Waals surface area contributed by atoms with E-state index in [4.69, 9.17) is 10.8 Å². The quantitative estimate of drug-likeness (QED) is 0.689. The zero-order valence-corrected chi connectivity index (χ0v) is 8.60. The first-order valence-corrected chi connectivity index (χ1v) is 5.08. The molecule has 82 valence electrons. The van der Waals surface area contributed by atoms with Crippen molar-refractivity contribution in [3.05, 3.63) is 30.1 Å². The lowest BCUT2D eigenvalue weighted by molar-refractivity contribution is -0.138. The first-order chi connectivity index (χ1) is 7.20. The molecular weight excluding hydrogens is 192 g/mol. The van der Waals surface area contributed by atoms with Gasteiger partial charge in [0.1, 0.15) is 6.04 Å². The molecule has 0 aliphatic heterocycles. The van der Waals surface area contributed by atoms with Gasteiger partial charge in [-0.05, 0) is 31.4 Å². The maximum absolute atomic E-state index is 10.4.